The molecule has 0 saturated carbocycles. The average Bonchev–Trinajstić information content (AvgIpc) is 3.72. The van der Waals surface area contributed by atoms with Crippen molar-refractivity contribution in [3.05, 3.63) is 36.1 Å². The smallest absolute Gasteiger partial charge is 0.348 e. The van der Waals surface area contributed by atoms with Crippen molar-refractivity contribution in [3.63, 3.8) is 0 Å². The Bertz CT molecular complexity index is 1680. The highest BCUT2D eigenvalue weighted by atomic mass is 28.4. The van der Waals surface area contributed by atoms with E-state index in [-0.39, 0.29) is 41.3 Å². The van der Waals surface area contributed by atoms with Gasteiger partial charge in [0.25, 0.3) is 0 Å². The van der Waals surface area contributed by atoms with Gasteiger partial charge in [-0.05, 0) is 99.5 Å². The SMILES string of the molecule is C=CCOC(=O)CCCCCCCCCCCCCCCOC(=O)C1=C(CCC[C@@H](C)O[Si](C)(C)C(C)(C)C)NC(N)=[N+]2[C@H](CC3(CC/C=C/[C@H](CC)O[Si](C(C)C)(C(C)C)C(C)C)OCCCO3)CC[C@@H]12. The third-order valence-corrected chi connectivity index (χ3v) is 27.2. The van der Waals surface area contributed by atoms with E-state index in [1.807, 2.05) is 0 Å². The van der Waals surface area contributed by atoms with Gasteiger partial charge >= 0.3 is 17.9 Å². The number of fused-ring (bicyclic) bond motifs is 1. The lowest BCUT2D eigenvalue weighted by molar-refractivity contribution is -0.580. The molecule has 72 heavy (non-hydrogen) atoms. The van der Waals surface area contributed by atoms with Crippen LogP contribution in [-0.2, 0) is 37.4 Å². The minimum atomic E-state index is -2.02. The molecule has 0 aromatic carbocycles. The van der Waals surface area contributed by atoms with Crippen molar-refractivity contribution in [1.82, 2.24) is 5.32 Å². The lowest BCUT2D eigenvalue weighted by Crippen LogP contribution is -2.53. The van der Waals surface area contributed by atoms with Gasteiger partial charge in [0.1, 0.15) is 18.2 Å². The fourth-order valence-electron chi connectivity index (χ4n) is 11.6. The van der Waals surface area contributed by atoms with E-state index in [1.54, 1.807) is 6.08 Å². The van der Waals surface area contributed by atoms with Crippen molar-refractivity contribution in [1.29, 1.82) is 0 Å². The Labute approximate surface area is 443 Å². The maximum atomic E-state index is 14.4. The number of carbonyl (C=O) groups excluding carboxylic acids is 2. The molecule has 0 unspecified atom stereocenters. The Balaban J connectivity index is 1.61. The fraction of sp³-hybridized carbons (Fsp3) is 0.847. The normalized spacial score (nSPS) is 19.6. The molecule has 3 aliphatic heterocycles. The summed E-state index contributed by atoms with van der Waals surface area (Å²) in [6, 6.07) is -0.113. The molecule has 11 nitrogen and oxygen atoms in total. The van der Waals surface area contributed by atoms with E-state index >= 15 is 0 Å². The second-order valence-corrected chi connectivity index (χ2v) is 34.3. The van der Waals surface area contributed by atoms with Gasteiger partial charge in [0.05, 0.1) is 37.7 Å². The van der Waals surface area contributed by atoms with E-state index in [1.165, 1.54) is 51.4 Å². The van der Waals surface area contributed by atoms with E-state index in [9.17, 15) is 9.59 Å². The van der Waals surface area contributed by atoms with Gasteiger partial charge in [0.2, 0.25) is 8.32 Å². The number of nitrogens with zero attached hydrogens (tertiary/aromatic N) is 1. The molecule has 4 atom stereocenters. The molecule has 3 rings (SSSR count). The quantitative estimate of drug-likeness (QED) is 0.0204. The van der Waals surface area contributed by atoms with Crippen LogP contribution in [0.4, 0.5) is 0 Å². The summed E-state index contributed by atoms with van der Waals surface area (Å²) in [4.78, 5) is 26.0. The molecule has 2 fully saturated rings. The Morgan fingerprint density at radius 3 is 1.94 bits per heavy atom. The first kappa shape index (κ1) is 64.0. The largest absolute Gasteiger partial charge is 0.462 e. The molecule has 2 saturated heterocycles. The minimum Gasteiger partial charge on any atom is -0.462 e. The number of rotatable bonds is 37. The van der Waals surface area contributed by atoms with Crippen LogP contribution in [0.15, 0.2) is 36.1 Å². The maximum absolute atomic E-state index is 14.4. The number of hydrogen-bond donors (Lipinski definition) is 2. The molecule has 13 heteroatoms. The summed E-state index contributed by atoms with van der Waals surface area (Å²) < 4.78 is 40.6. The molecule has 0 bridgehead atoms. The van der Waals surface area contributed by atoms with E-state index in [0.717, 1.165) is 94.7 Å². The third-order valence-electron chi connectivity index (χ3n) is 16.5. The van der Waals surface area contributed by atoms with Crippen molar-refractivity contribution in [3.8, 4) is 0 Å². The van der Waals surface area contributed by atoms with Crippen molar-refractivity contribution >= 4 is 34.5 Å². The molecular weight excluding hydrogens is 935 g/mol. The van der Waals surface area contributed by atoms with Crippen LogP contribution in [0.1, 0.15) is 230 Å². The van der Waals surface area contributed by atoms with Crippen molar-refractivity contribution < 1.29 is 42.0 Å². The predicted molar refractivity (Wildman–Crippen MR) is 303 cm³/mol. The Morgan fingerprint density at radius 2 is 1.40 bits per heavy atom. The van der Waals surface area contributed by atoms with Gasteiger partial charge in [-0.25, -0.2) is 10.1 Å². The maximum Gasteiger partial charge on any atom is 0.348 e. The predicted octanol–water partition coefficient (Wildman–Crippen LogP) is 14.8. The molecule has 416 valence electrons. The molecule has 3 N–H and O–H groups in total. The van der Waals surface area contributed by atoms with Gasteiger partial charge in [-0.1, -0.05) is 165 Å². The van der Waals surface area contributed by atoms with Crippen molar-refractivity contribution in [2.24, 2.45) is 5.73 Å². The summed E-state index contributed by atoms with van der Waals surface area (Å²) in [5.41, 5.74) is 10.3. The summed E-state index contributed by atoms with van der Waals surface area (Å²) in [5, 5.41) is 3.71. The number of carbonyl (C=O) groups is 2. The van der Waals surface area contributed by atoms with Crippen LogP contribution in [0, 0.1) is 0 Å². The van der Waals surface area contributed by atoms with Crippen LogP contribution in [0.3, 0.4) is 0 Å². The zero-order chi connectivity index (χ0) is 53.4. The standard InChI is InChI=1S/C59H109N3O8Si2/c1-15-41-65-54(63)37-28-26-24-22-20-18-17-19-21-23-25-27-31-42-66-56(64)55-52(36-32-34-49(9)69-71(13,14)58(10,11)12)61-57(60)62-50(38-39-53(55)62)45-59(67-43-33-44-68-59)40-30-29-35-51(16-2)70-72(46(3)4,47(5)6)48(7)8/h15,29,35,46-51,53H,1,16-28,30-34,36-45H2,2-14H3,(H2,60,61,64)/p+1/b35-29+/t49-,50+,51+,53+/m1/s1. The Morgan fingerprint density at radius 1 is 0.833 bits per heavy atom. The van der Waals surface area contributed by atoms with Crippen molar-refractivity contribution in [2.75, 3.05) is 26.4 Å². The zero-order valence-electron chi connectivity index (χ0n) is 48.6. The van der Waals surface area contributed by atoms with Crippen LogP contribution in [0.2, 0.25) is 34.8 Å². The van der Waals surface area contributed by atoms with Gasteiger partial charge in [-0.3, -0.25) is 15.1 Å². The van der Waals surface area contributed by atoms with Gasteiger partial charge in [0, 0.05) is 31.8 Å². The van der Waals surface area contributed by atoms with Crippen LogP contribution in [0.5, 0.6) is 0 Å². The van der Waals surface area contributed by atoms with Gasteiger partial charge < -0.3 is 27.8 Å². The van der Waals surface area contributed by atoms with Gasteiger partial charge in [0.15, 0.2) is 14.1 Å². The summed E-state index contributed by atoms with van der Waals surface area (Å²) >= 11 is 0. The van der Waals surface area contributed by atoms with E-state index in [4.69, 9.17) is 33.5 Å². The first-order valence-electron chi connectivity index (χ1n) is 29.3. The number of guanidine groups is 1. The van der Waals surface area contributed by atoms with E-state index in [2.05, 4.69) is 118 Å². The third kappa shape index (κ3) is 20.3. The number of ether oxygens (including phenoxy) is 4. The first-order valence-corrected chi connectivity index (χ1v) is 34.3. The Kier molecular flexibility index (Phi) is 28.7. The van der Waals surface area contributed by atoms with Crippen LogP contribution in [-0.4, -0.2) is 95.6 Å². The highest BCUT2D eigenvalue weighted by molar-refractivity contribution is 6.77. The lowest BCUT2D eigenvalue weighted by atomic mass is 9.97. The first-order chi connectivity index (χ1) is 34.1. The summed E-state index contributed by atoms with van der Waals surface area (Å²) in [5.74, 6) is -0.450. The summed E-state index contributed by atoms with van der Waals surface area (Å²) in [6.45, 7) is 35.7. The minimum absolute atomic E-state index is 0.0461. The van der Waals surface area contributed by atoms with Gasteiger partial charge in [-0.2, -0.15) is 0 Å². The summed E-state index contributed by atoms with van der Waals surface area (Å²) in [7, 11) is -3.93. The number of nitrogens with one attached hydrogen (secondary N) is 1. The topological polar surface area (TPSA) is 131 Å². The number of unbranched alkanes of at least 4 members (excludes halogenated alkanes) is 12. The highest BCUT2D eigenvalue weighted by Crippen LogP contribution is 2.44. The summed E-state index contributed by atoms with van der Waals surface area (Å²) in [6.07, 6.45) is 30.3. The lowest BCUT2D eigenvalue weighted by Gasteiger charge is -2.44. The second-order valence-electron chi connectivity index (χ2n) is 24.1. The molecular formula is C59H110N3O8Si2+. The number of allylic oxidation sites excluding steroid dienone is 2. The monoisotopic (exact) mass is 1040 g/mol. The molecule has 0 spiro atoms. The molecule has 0 aromatic rings. The van der Waals surface area contributed by atoms with E-state index in [0.29, 0.717) is 68.3 Å². The van der Waals surface area contributed by atoms with Crippen molar-refractivity contribution in [2.45, 2.75) is 295 Å². The molecule has 0 aromatic heterocycles. The van der Waals surface area contributed by atoms with Crippen LogP contribution in [0.25, 0.3) is 0 Å². The zero-order valence-corrected chi connectivity index (χ0v) is 50.6. The average molecular weight is 1050 g/mol. The molecule has 0 aliphatic carbocycles. The number of nitrogens with two attached hydrogens (primary N) is 1. The van der Waals surface area contributed by atoms with Gasteiger partial charge in [-0.15, -0.1) is 0 Å². The second kappa shape index (κ2) is 32.3. The molecule has 0 amide bonds. The molecule has 3 heterocycles. The number of esters is 2. The van der Waals surface area contributed by atoms with Crippen LogP contribution < -0.4 is 11.1 Å². The highest BCUT2D eigenvalue weighted by Gasteiger charge is 2.49. The number of hydrogen-bond acceptors (Lipinski definition) is 10. The van der Waals surface area contributed by atoms with Crippen LogP contribution >= 0.6 is 0 Å². The van der Waals surface area contributed by atoms with E-state index < -0.39 is 22.4 Å². The fourth-order valence-corrected chi connectivity index (χ4v) is 18.6. The molecule has 0 radical (unpaired) electrons. The Hall–Kier alpha value is -2.30. The molecule has 3 aliphatic rings.